The average Bonchev–Trinajstić information content (AvgIpc) is 2.14. The van der Waals surface area contributed by atoms with Crippen LogP contribution in [0.2, 0.25) is 0 Å². The lowest BCUT2D eigenvalue weighted by molar-refractivity contribution is -0.156. The van der Waals surface area contributed by atoms with Crippen LogP contribution in [0.4, 0.5) is 0 Å². The van der Waals surface area contributed by atoms with E-state index in [-0.39, 0.29) is 12.1 Å². The van der Waals surface area contributed by atoms with Crippen LogP contribution in [0.1, 0.15) is 33.6 Å². The fourth-order valence-corrected chi connectivity index (χ4v) is 1.09. The Labute approximate surface area is 85.1 Å². The molecule has 3 heteroatoms. The van der Waals surface area contributed by atoms with Crippen LogP contribution in [0.15, 0.2) is 12.3 Å². The zero-order valence-corrected chi connectivity index (χ0v) is 9.08. The van der Waals surface area contributed by atoms with Crippen molar-refractivity contribution < 1.29 is 14.3 Å². The first-order valence-electron chi connectivity index (χ1n) is 4.98. The summed E-state index contributed by atoms with van der Waals surface area (Å²) in [7, 11) is 0. The molecular weight excluding hydrogens is 180 g/mol. The molecule has 1 rings (SSSR count). The minimum absolute atomic E-state index is 0.0336. The van der Waals surface area contributed by atoms with Crippen molar-refractivity contribution in [1.29, 1.82) is 0 Å². The van der Waals surface area contributed by atoms with Crippen molar-refractivity contribution in [3.8, 4) is 0 Å². The number of rotatable bonds is 2. The lowest BCUT2D eigenvalue weighted by Crippen LogP contribution is -2.28. The summed E-state index contributed by atoms with van der Waals surface area (Å²) >= 11 is 0. The van der Waals surface area contributed by atoms with Gasteiger partial charge in [0, 0.05) is 0 Å². The van der Waals surface area contributed by atoms with Gasteiger partial charge >= 0.3 is 5.97 Å². The zero-order chi connectivity index (χ0) is 10.6. The van der Waals surface area contributed by atoms with Crippen LogP contribution in [0, 0.1) is 5.41 Å². The van der Waals surface area contributed by atoms with E-state index >= 15 is 0 Å². The first-order chi connectivity index (χ1) is 6.50. The Morgan fingerprint density at radius 1 is 1.57 bits per heavy atom. The Balaban J connectivity index is 2.26. The Hall–Kier alpha value is -0.990. The summed E-state index contributed by atoms with van der Waals surface area (Å²) < 4.78 is 10.4. The fourth-order valence-electron chi connectivity index (χ4n) is 1.09. The summed E-state index contributed by atoms with van der Waals surface area (Å²) in [6.07, 6.45) is 5.61. The number of esters is 1. The SMILES string of the molecule is CC(C)(C)C(=O)OC[C@H]1CCC=CO1. The first-order valence-corrected chi connectivity index (χ1v) is 4.98. The molecule has 0 amide bonds. The molecule has 0 N–H and O–H groups in total. The van der Waals surface area contributed by atoms with Crippen LogP contribution in [0.25, 0.3) is 0 Å². The highest BCUT2D eigenvalue weighted by Gasteiger charge is 2.24. The van der Waals surface area contributed by atoms with Gasteiger partial charge in [-0.25, -0.2) is 0 Å². The Kier molecular flexibility index (Phi) is 3.55. The summed E-state index contributed by atoms with van der Waals surface area (Å²) in [5.74, 6) is -0.171. The van der Waals surface area contributed by atoms with E-state index in [9.17, 15) is 4.79 Å². The normalized spacial score (nSPS) is 21.5. The Morgan fingerprint density at radius 2 is 2.29 bits per heavy atom. The van der Waals surface area contributed by atoms with Crippen molar-refractivity contribution in [2.24, 2.45) is 5.41 Å². The molecule has 0 spiro atoms. The molecular formula is C11H18O3. The summed E-state index contributed by atoms with van der Waals surface area (Å²) in [6.45, 7) is 5.89. The van der Waals surface area contributed by atoms with Gasteiger partial charge in [-0.2, -0.15) is 0 Å². The topological polar surface area (TPSA) is 35.5 Å². The largest absolute Gasteiger partial charge is 0.495 e. The third-order valence-electron chi connectivity index (χ3n) is 2.04. The van der Waals surface area contributed by atoms with Crippen molar-refractivity contribution >= 4 is 5.97 Å². The van der Waals surface area contributed by atoms with Gasteiger partial charge in [0.25, 0.3) is 0 Å². The van der Waals surface area contributed by atoms with Crippen LogP contribution in [0.3, 0.4) is 0 Å². The third-order valence-corrected chi connectivity index (χ3v) is 2.04. The third kappa shape index (κ3) is 3.40. The van der Waals surface area contributed by atoms with E-state index in [1.807, 2.05) is 26.8 Å². The van der Waals surface area contributed by atoms with Crippen LogP contribution >= 0.6 is 0 Å². The highest BCUT2D eigenvalue weighted by molar-refractivity contribution is 5.75. The lowest BCUT2D eigenvalue weighted by atomic mass is 9.97. The molecule has 1 heterocycles. The molecule has 0 aromatic rings. The van der Waals surface area contributed by atoms with E-state index in [1.54, 1.807) is 6.26 Å². The molecule has 0 fully saturated rings. The standard InChI is InChI=1S/C11H18O3/c1-11(2,3)10(12)14-8-9-6-4-5-7-13-9/h5,7,9H,4,6,8H2,1-3H3/t9-/m1/s1. The predicted octanol–water partition coefficient (Wildman–Crippen LogP) is 2.27. The van der Waals surface area contributed by atoms with Crippen molar-refractivity contribution in [2.75, 3.05) is 6.61 Å². The summed E-state index contributed by atoms with van der Waals surface area (Å²) in [4.78, 5) is 11.4. The van der Waals surface area contributed by atoms with Gasteiger partial charge in [-0.05, 0) is 39.7 Å². The number of ether oxygens (including phenoxy) is 2. The summed E-state index contributed by atoms with van der Waals surface area (Å²) in [6, 6.07) is 0. The smallest absolute Gasteiger partial charge is 0.311 e. The minimum atomic E-state index is -0.426. The number of carbonyl (C=O) groups is 1. The zero-order valence-electron chi connectivity index (χ0n) is 9.08. The quantitative estimate of drug-likeness (QED) is 0.638. The second kappa shape index (κ2) is 4.49. The minimum Gasteiger partial charge on any atom is -0.495 e. The van der Waals surface area contributed by atoms with Crippen LogP contribution in [-0.2, 0) is 14.3 Å². The van der Waals surface area contributed by atoms with E-state index in [0.29, 0.717) is 6.61 Å². The lowest BCUT2D eigenvalue weighted by Gasteiger charge is -2.22. The molecule has 0 aromatic heterocycles. The van der Waals surface area contributed by atoms with Gasteiger partial charge in [-0.3, -0.25) is 4.79 Å². The van der Waals surface area contributed by atoms with E-state index in [0.717, 1.165) is 12.8 Å². The number of carbonyl (C=O) groups excluding carboxylic acids is 1. The van der Waals surface area contributed by atoms with Gasteiger partial charge in [-0.1, -0.05) is 0 Å². The fraction of sp³-hybridized carbons (Fsp3) is 0.727. The molecule has 1 aliphatic rings. The number of hydrogen-bond acceptors (Lipinski definition) is 3. The molecule has 0 saturated heterocycles. The van der Waals surface area contributed by atoms with Gasteiger partial charge in [0.15, 0.2) is 0 Å². The molecule has 0 radical (unpaired) electrons. The maximum absolute atomic E-state index is 11.4. The predicted molar refractivity (Wildman–Crippen MR) is 53.7 cm³/mol. The van der Waals surface area contributed by atoms with Gasteiger partial charge in [0.2, 0.25) is 0 Å². The van der Waals surface area contributed by atoms with Crippen LogP contribution < -0.4 is 0 Å². The molecule has 0 bridgehead atoms. The first kappa shape index (κ1) is 11.1. The molecule has 0 aliphatic carbocycles. The van der Waals surface area contributed by atoms with Crippen molar-refractivity contribution in [3.63, 3.8) is 0 Å². The van der Waals surface area contributed by atoms with Gasteiger partial charge in [0.05, 0.1) is 11.7 Å². The second-order valence-corrected chi connectivity index (χ2v) is 4.56. The van der Waals surface area contributed by atoms with E-state index in [2.05, 4.69) is 0 Å². The summed E-state index contributed by atoms with van der Waals surface area (Å²) in [5.41, 5.74) is -0.426. The van der Waals surface area contributed by atoms with Gasteiger partial charge in [0.1, 0.15) is 12.7 Å². The highest BCUT2D eigenvalue weighted by Crippen LogP contribution is 2.17. The highest BCUT2D eigenvalue weighted by atomic mass is 16.6. The molecule has 3 nitrogen and oxygen atoms in total. The maximum Gasteiger partial charge on any atom is 0.311 e. The number of hydrogen-bond donors (Lipinski definition) is 0. The molecule has 80 valence electrons. The van der Waals surface area contributed by atoms with Crippen LogP contribution in [0.5, 0.6) is 0 Å². The van der Waals surface area contributed by atoms with Crippen LogP contribution in [-0.4, -0.2) is 18.7 Å². The van der Waals surface area contributed by atoms with Gasteiger partial charge < -0.3 is 9.47 Å². The number of allylic oxidation sites excluding steroid dienone is 1. The Morgan fingerprint density at radius 3 is 2.79 bits per heavy atom. The van der Waals surface area contributed by atoms with E-state index in [1.165, 1.54) is 0 Å². The van der Waals surface area contributed by atoms with E-state index in [4.69, 9.17) is 9.47 Å². The molecule has 0 unspecified atom stereocenters. The second-order valence-electron chi connectivity index (χ2n) is 4.56. The monoisotopic (exact) mass is 198 g/mol. The molecule has 0 aromatic carbocycles. The van der Waals surface area contributed by atoms with E-state index < -0.39 is 5.41 Å². The molecule has 1 aliphatic heterocycles. The van der Waals surface area contributed by atoms with Crippen molar-refractivity contribution in [3.05, 3.63) is 12.3 Å². The van der Waals surface area contributed by atoms with Crippen molar-refractivity contribution in [2.45, 2.75) is 39.7 Å². The Bertz CT molecular complexity index is 225. The molecule has 0 saturated carbocycles. The summed E-state index contributed by atoms with van der Waals surface area (Å²) in [5, 5.41) is 0. The molecule has 14 heavy (non-hydrogen) atoms. The maximum atomic E-state index is 11.4. The van der Waals surface area contributed by atoms with Crippen molar-refractivity contribution in [1.82, 2.24) is 0 Å². The average molecular weight is 198 g/mol. The molecule has 1 atom stereocenters. The van der Waals surface area contributed by atoms with Gasteiger partial charge in [-0.15, -0.1) is 0 Å².